The molecule has 2 heterocycles. The van der Waals surface area contributed by atoms with Crippen LogP contribution in [0.5, 0.6) is 0 Å². The Kier molecular flexibility index (Phi) is 2.80. The fourth-order valence-electron chi connectivity index (χ4n) is 2.95. The van der Waals surface area contributed by atoms with Crippen LogP contribution < -0.4 is 0 Å². The monoisotopic (exact) mass is 247 g/mol. The molecule has 0 unspecified atom stereocenters. The topological polar surface area (TPSA) is 82.0 Å². The van der Waals surface area contributed by atoms with E-state index in [1.807, 2.05) is 13.1 Å². The van der Waals surface area contributed by atoms with Gasteiger partial charge in [-0.1, -0.05) is 0 Å². The summed E-state index contributed by atoms with van der Waals surface area (Å²) in [5.41, 5.74) is 3.97. The molecule has 3 rings (SSSR count). The molecule has 5 heteroatoms. The zero-order chi connectivity index (χ0) is 12.7. The SMILES string of the molecule is Cc1ncnc2c([C@@H]3C[C@H](CO)[C@@H](O)C3)c[nH]c12. The Morgan fingerprint density at radius 3 is 2.94 bits per heavy atom. The van der Waals surface area contributed by atoms with Gasteiger partial charge in [0.2, 0.25) is 0 Å². The van der Waals surface area contributed by atoms with E-state index >= 15 is 0 Å². The van der Waals surface area contributed by atoms with E-state index in [0.717, 1.165) is 28.7 Å². The summed E-state index contributed by atoms with van der Waals surface area (Å²) in [6.45, 7) is 2.00. The second kappa shape index (κ2) is 4.33. The van der Waals surface area contributed by atoms with Crippen molar-refractivity contribution in [3.05, 3.63) is 23.8 Å². The summed E-state index contributed by atoms with van der Waals surface area (Å²) in [5.74, 6) is 0.253. The van der Waals surface area contributed by atoms with Gasteiger partial charge in [0, 0.05) is 18.7 Å². The summed E-state index contributed by atoms with van der Waals surface area (Å²) in [6.07, 6.45) is 4.63. The maximum atomic E-state index is 9.88. The molecule has 2 aromatic heterocycles. The van der Waals surface area contributed by atoms with Gasteiger partial charge in [0.25, 0.3) is 0 Å². The van der Waals surface area contributed by atoms with Crippen molar-refractivity contribution in [2.75, 3.05) is 6.61 Å². The van der Waals surface area contributed by atoms with Crippen molar-refractivity contribution in [3.8, 4) is 0 Å². The molecule has 3 N–H and O–H groups in total. The highest BCUT2D eigenvalue weighted by molar-refractivity contribution is 5.81. The van der Waals surface area contributed by atoms with Gasteiger partial charge in [-0.05, 0) is 31.2 Å². The van der Waals surface area contributed by atoms with Gasteiger partial charge >= 0.3 is 0 Å². The Balaban J connectivity index is 1.99. The second-order valence-electron chi connectivity index (χ2n) is 5.11. The van der Waals surface area contributed by atoms with Gasteiger partial charge in [-0.2, -0.15) is 0 Å². The third kappa shape index (κ3) is 1.71. The van der Waals surface area contributed by atoms with Gasteiger partial charge in [0.05, 0.1) is 22.8 Å². The van der Waals surface area contributed by atoms with Crippen LogP contribution in [0.3, 0.4) is 0 Å². The number of aromatic nitrogens is 3. The maximum Gasteiger partial charge on any atom is 0.116 e. The summed E-state index contributed by atoms with van der Waals surface area (Å²) >= 11 is 0. The average Bonchev–Trinajstić information content (AvgIpc) is 2.93. The predicted molar refractivity (Wildman–Crippen MR) is 67.2 cm³/mol. The molecule has 18 heavy (non-hydrogen) atoms. The average molecular weight is 247 g/mol. The molecule has 0 radical (unpaired) electrons. The summed E-state index contributed by atoms with van der Waals surface area (Å²) in [7, 11) is 0. The quantitative estimate of drug-likeness (QED) is 0.742. The number of nitrogens with one attached hydrogen (secondary N) is 1. The molecule has 1 fully saturated rings. The van der Waals surface area contributed by atoms with Crippen LogP contribution in [0, 0.1) is 12.8 Å². The number of hydrogen-bond acceptors (Lipinski definition) is 4. The number of H-pyrrole nitrogens is 1. The van der Waals surface area contributed by atoms with E-state index in [2.05, 4.69) is 15.0 Å². The lowest BCUT2D eigenvalue weighted by atomic mass is 9.98. The van der Waals surface area contributed by atoms with Crippen molar-refractivity contribution < 1.29 is 10.2 Å². The maximum absolute atomic E-state index is 9.88. The lowest BCUT2D eigenvalue weighted by Crippen LogP contribution is -2.16. The van der Waals surface area contributed by atoms with Crippen molar-refractivity contribution >= 4 is 11.0 Å². The molecule has 0 amide bonds. The van der Waals surface area contributed by atoms with E-state index in [-0.39, 0.29) is 18.4 Å². The van der Waals surface area contributed by atoms with Crippen molar-refractivity contribution in [2.24, 2.45) is 5.92 Å². The standard InChI is InChI=1S/C13H17N3O2/c1-7-12-13(16-6-15-7)10(4-14-12)8-2-9(5-17)11(18)3-8/h4,6,8-9,11,14,17-18H,2-3,5H2,1H3/t8-,9-,11+/m1/s1. The van der Waals surface area contributed by atoms with Crippen LogP contribution in [0.15, 0.2) is 12.5 Å². The number of aliphatic hydroxyl groups excluding tert-OH is 2. The van der Waals surface area contributed by atoms with Crippen molar-refractivity contribution in [2.45, 2.75) is 31.8 Å². The highest BCUT2D eigenvalue weighted by atomic mass is 16.3. The first-order valence-electron chi connectivity index (χ1n) is 6.28. The van der Waals surface area contributed by atoms with E-state index < -0.39 is 6.10 Å². The smallest absolute Gasteiger partial charge is 0.116 e. The molecule has 96 valence electrons. The number of rotatable bonds is 2. The minimum absolute atomic E-state index is 0.0112. The van der Waals surface area contributed by atoms with Crippen molar-refractivity contribution in [3.63, 3.8) is 0 Å². The van der Waals surface area contributed by atoms with Gasteiger partial charge < -0.3 is 15.2 Å². The molecular weight excluding hydrogens is 230 g/mol. The van der Waals surface area contributed by atoms with Gasteiger partial charge in [-0.15, -0.1) is 0 Å². The van der Waals surface area contributed by atoms with E-state index in [1.54, 1.807) is 6.33 Å². The van der Waals surface area contributed by atoms with Crippen LogP contribution in [0.1, 0.15) is 30.0 Å². The Labute approximate surface area is 105 Å². The molecule has 3 atom stereocenters. The third-order valence-corrected chi connectivity index (χ3v) is 4.01. The molecule has 0 aliphatic heterocycles. The van der Waals surface area contributed by atoms with Gasteiger partial charge in [-0.25, -0.2) is 9.97 Å². The van der Waals surface area contributed by atoms with Crippen LogP contribution in [0.25, 0.3) is 11.0 Å². The Hall–Kier alpha value is -1.46. The molecular formula is C13H17N3O2. The van der Waals surface area contributed by atoms with Crippen LogP contribution in [-0.4, -0.2) is 37.9 Å². The first-order chi connectivity index (χ1) is 8.70. The Bertz CT molecular complexity index is 566. The van der Waals surface area contributed by atoms with Crippen molar-refractivity contribution in [1.29, 1.82) is 0 Å². The zero-order valence-corrected chi connectivity index (χ0v) is 10.3. The first kappa shape index (κ1) is 11.6. The van der Waals surface area contributed by atoms with E-state index in [0.29, 0.717) is 6.42 Å². The van der Waals surface area contributed by atoms with Crippen LogP contribution in [0.2, 0.25) is 0 Å². The number of aryl methyl sites for hydroxylation is 1. The number of fused-ring (bicyclic) bond motifs is 1. The lowest BCUT2D eigenvalue weighted by molar-refractivity contribution is 0.0908. The molecule has 0 bridgehead atoms. The van der Waals surface area contributed by atoms with E-state index in [9.17, 15) is 10.2 Å². The van der Waals surface area contributed by atoms with E-state index in [4.69, 9.17) is 0 Å². The fourth-order valence-corrected chi connectivity index (χ4v) is 2.95. The summed E-state index contributed by atoms with van der Waals surface area (Å²) < 4.78 is 0. The van der Waals surface area contributed by atoms with Crippen LogP contribution in [0.4, 0.5) is 0 Å². The van der Waals surface area contributed by atoms with Crippen molar-refractivity contribution in [1.82, 2.24) is 15.0 Å². The Morgan fingerprint density at radius 2 is 2.22 bits per heavy atom. The number of nitrogens with zero attached hydrogens (tertiary/aromatic N) is 2. The fraction of sp³-hybridized carbons (Fsp3) is 0.538. The lowest BCUT2D eigenvalue weighted by Gasteiger charge is -2.08. The minimum atomic E-state index is -0.409. The first-order valence-corrected chi connectivity index (χ1v) is 6.28. The normalized spacial score (nSPS) is 28.1. The van der Waals surface area contributed by atoms with Gasteiger partial charge in [0.15, 0.2) is 0 Å². The summed E-state index contributed by atoms with van der Waals surface area (Å²) in [5, 5.41) is 19.1. The molecule has 0 aromatic carbocycles. The molecule has 5 nitrogen and oxygen atoms in total. The molecule has 0 saturated heterocycles. The molecule has 1 aliphatic carbocycles. The zero-order valence-electron chi connectivity index (χ0n) is 10.3. The minimum Gasteiger partial charge on any atom is -0.396 e. The van der Waals surface area contributed by atoms with Crippen LogP contribution in [-0.2, 0) is 0 Å². The third-order valence-electron chi connectivity index (χ3n) is 4.01. The highest BCUT2D eigenvalue weighted by Crippen LogP contribution is 2.40. The Morgan fingerprint density at radius 1 is 1.39 bits per heavy atom. The molecule has 1 aliphatic rings. The van der Waals surface area contributed by atoms with Crippen LogP contribution >= 0.6 is 0 Å². The molecule has 1 saturated carbocycles. The predicted octanol–water partition coefficient (Wildman–Crippen LogP) is 1.11. The number of aromatic amines is 1. The van der Waals surface area contributed by atoms with Gasteiger partial charge in [-0.3, -0.25) is 0 Å². The number of aliphatic hydroxyl groups is 2. The summed E-state index contributed by atoms with van der Waals surface area (Å²) in [6, 6.07) is 0. The molecule has 2 aromatic rings. The van der Waals surface area contributed by atoms with E-state index in [1.165, 1.54) is 0 Å². The highest BCUT2D eigenvalue weighted by Gasteiger charge is 2.34. The summed E-state index contributed by atoms with van der Waals surface area (Å²) in [4.78, 5) is 11.7. The molecule has 0 spiro atoms. The second-order valence-corrected chi connectivity index (χ2v) is 5.11. The van der Waals surface area contributed by atoms with Gasteiger partial charge in [0.1, 0.15) is 6.33 Å². The number of hydrogen-bond donors (Lipinski definition) is 3. The largest absolute Gasteiger partial charge is 0.396 e.